The highest BCUT2D eigenvalue weighted by Gasteiger charge is 2.28. The van der Waals surface area contributed by atoms with Crippen molar-refractivity contribution in [1.29, 1.82) is 0 Å². The second kappa shape index (κ2) is 8.14. The van der Waals surface area contributed by atoms with E-state index < -0.39 is 0 Å². The number of carbonyl (C=O) groups excluding carboxylic acids is 2. The lowest BCUT2D eigenvalue weighted by molar-refractivity contribution is -0.121. The summed E-state index contributed by atoms with van der Waals surface area (Å²) in [6, 6.07) is 11.2. The molecule has 0 radical (unpaired) electrons. The SMILES string of the molecule is Cc1cc(C)n(-c2ccc(C(=O)N3CCC(C(=O)Nc4cc(C)on4)CC3)cc2)n1. The lowest BCUT2D eigenvalue weighted by Crippen LogP contribution is -2.41. The second-order valence-corrected chi connectivity index (χ2v) is 7.76. The van der Waals surface area contributed by atoms with Crippen molar-refractivity contribution in [3.63, 3.8) is 0 Å². The van der Waals surface area contributed by atoms with Crippen LogP contribution in [0, 0.1) is 26.7 Å². The summed E-state index contributed by atoms with van der Waals surface area (Å²) < 4.78 is 6.84. The summed E-state index contributed by atoms with van der Waals surface area (Å²) in [5, 5.41) is 11.0. The van der Waals surface area contributed by atoms with E-state index in [1.54, 1.807) is 13.0 Å². The molecule has 1 aliphatic heterocycles. The number of nitrogens with one attached hydrogen (secondary N) is 1. The van der Waals surface area contributed by atoms with Gasteiger partial charge in [0.2, 0.25) is 5.91 Å². The van der Waals surface area contributed by atoms with Crippen LogP contribution in [0.2, 0.25) is 0 Å². The predicted octanol–water partition coefficient (Wildman–Crippen LogP) is 3.28. The monoisotopic (exact) mass is 407 g/mol. The van der Waals surface area contributed by atoms with E-state index >= 15 is 0 Å². The van der Waals surface area contributed by atoms with E-state index in [0.717, 1.165) is 17.1 Å². The Bertz CT molecular complexity index is 1060. The number of hydrogen-bond acceptors (Lipinski definition) is 5. The standard InChI is InChI=1S/C22H25N5O3/c1-14-12-15(2)27(24-14)19-6-4-18(5-7-19)22(29)26-10-8-17(9-11-26)21(28)23-20-13-16(3)30-25-20/h4-7,12-13,17H,8-11H2,1-3H3,(H,23,25,28). The minimum absolute atomic E-state index is 0.0131. The molecule has 0 unspecified atom stereocenters. The summed E-state index contributed by atoms with van der Waals surface area (Å²) >= 11 is 0. The van der Waals surface area contributed by atoms with Gasteiger partial charge in [0.05, 0.1) is 11.4 Å². The van der Waals surface area contributed by atoms with Gasteiger partial charge in [-0.15, -0.1) is 0 Å². The van der Waals surface area contributed by atoms with E-state index in [2.05, 4.69) is 15.6 Å². The molecule has 0 atom stereocenters. The Kier molecular flexibility index (Phi) is 5.39. The summed E-state index contributed by atoms with van der Waals surface area (Å²) in [4.78, 5) is 27.1. The maximum absolute atomic E-state index is 12.9. The Labute approximate surface area is 174 Å². The smallest absolute Gasteiger partial charge is 0.253 e. The normalized spacial score (nSPS) is 14.7. The van der Waals surface area contributed by atoms with E-state index in [0.29, 0.717) is 43.1 Å². The summed E-state index contributed by atoms with van der Waals surface area (Å²) in [5.74, 6) is 0.846. The molecule has 0 bridgehead atoms. The lowest BCUT2D eigenvalue weighted by Gasteiger charge is -2.31. The van der Waals surface area contributed by atoms with Gasteiger partial charge >= 0.3 is 0 Å². The number of anilines is 1. The van der Waals surface area contributed by atoms with E-state index in [4.69, 9.17) is 4.52 Å². The van der Waals surface area contributed by atoms with Gasteiger partial charge < -0.3 is 14.7 Å². The number of piperidine rings is 1. The first-order valence-corrected chi connectivity index (χ1v) is 10.1. The highest BCUT2D eigenvalue weighted by Crippen LogP contribution is 2.22. The van der Waals surface area contributed by atoms with Crippen LogP contribution >= 0.6 is 0 Å². The van der Waals surface area contributed by atoms with Gasteiger partial charge in [-0.3, -0.25) is 9.59 Å². The van der Waals surface area contributed by atoms with Crippen LogP contribution in [0.1, 0.15) is 40.3 Å². The highest BCUT2D eigenvalue weighted by atomic mass is 16.5. The van der Waals surface area contributed by atoms with Crippen LogP contribution in [-0.2, 0) is 4.79 Å². The zero-order valence-corrected chi connectivity index (χ0v) is 17.4. The van der Waals surface area contributed by atoms with Crippen molar-refractivity contribution in [3.8, 4) is 5.69 Å². The Balaban J connectivity index is 1.35. The van der Waals surface area contributed by atoms with Crippen molar-refractivity contribution >= 4 is 17.6 Å². The quantitative estimate of drug-likeness (QED) is 0.716. The first kappa shape index (κ1) is 19.9. The fourth-order valence-electron chi connectivity index (χ4n) is 3.82. The number of aryl methyl sites for hydroxylation is 3. The number of hydrogen-bond donors (Lipinski definition) is 1. The second-order valence-electron chi connectivity index (χ2n) is 7.76. The summed E-state index contributed by atoms with van der Waals surface area (Å²) in [6.07, 6.45) is 1.25. The van der Waals surface area contributed by atoms with Gasteiger partial charge in [0.25, 0.3) is 5.91 Å². The topological polar surface area (TPSA) is 93.3 Å². The molecule has 156 valence electrons. The van der Waals surface area contributed by atoms with Gasteiger partial charge in [-0.25, -0.2) is 4.68 Å². The molecule has 1 N–H and O–H groups in total. The van der Waals surface area contributed by atoms with Crippen molar-refractivity contribution in [2.75, 3.05) is 18.4 Å². The Morgan fingerprint density at radius 2 is 1.77 bits per heavy atom. The number of likely N-dealkylation sites (tertiary alicyclic amines) is 1. The van der Waals surface area contributed by atoms with Crippen LogP contribution in [-0.4, -0.2) is 44.7 Å². The molecular formula is C22H25N5O3. The van der Waals surface area contributed by atoms with Crippen LogP contribution in [0.3, 0.4) is 0 Å². The lowest BCUT2D eigenvalue weighted by atomic mass is 9.95. The molecule has 1 saturated heterocycles. The van der Waals surface area contributed by atoms with Gasteiger partial charge in [-0.1, -0.05) is 5.16 Å². The van der Waals surface area contributed by atoms with Gasteiger partial charge in [0, 0.05) is 36.3 Å². The van der Waals surface area contributed by atoms with Crippen molar-refractivity contribution in [1.82, 2.24) is 19.8 Å². The molecule has 1 fully saturated rings. The number of benzene rings is 1. The molecular weight excluding hydrogens is 382 g/mol. The first-order valence-electron chi connectivity index (χ1n) is 10.1. The third kappa shape index (κ3) is 4.12. The number of amides is 2. The van der Waals surface area contributed by atoms with Crippen molar-refractivity contribution in [2.24, 2.45) is 5.92 Å². The Morgan fingerprint density at radius 3 is 2.33 bits per heavy atom. The molecule has 4 rings (SSSR count). The molecule has 1 aliphatic rings. The average molecular weight is 407 g/mol. The third-order valence-corrected chi connectivity index (χ3v) is 5.40. The number of rotatable bonds is 4. The molecule has 30 heavy (non-hydrogen) atoms. The Morgan fingerprint density at radius 1 is 1.07 bits per heavy atom. The van der Waals surface area contributed by atoms with Gasteiger partial charge in [-0.2, -0.15) is 5.10 Å². The van der Waals surface area contributed by atoms with E-state index in [1.165, 1.54) is 0 Å². The van der Waals surface area contributed by atoms with Crippen molar-refractivity contribution < 1.29 is 14.1 Å². The first-order chi connectivity index (χ1) is 14.4. The van der Waals surface area contributed by atoms with Crippen LogP contribution in [0.25, 0.3) is 5.69 Å². The van der Waals surface area contributed by atoms with Gasteiger partial charge in [-0.05, 0) is 63.9 Å². The van der Waals surface area contributed by atoms with Gasteiger partial charge in [0.1, 0.15) is 5.76 Å². The minimum atomic E-state index is -0.139. The van der Waals surface area contributed by atoms with Crippen LogP contribution < -0.4 is 5.32 Å². The fourth-order valence-corrected chi connectivity index (χ4v) is 3.82. The van der Waals surface area contributed by atoms with Gasteiger partial charge in [0.15, 0.2) is 5.82 Å². The van der Waals surface area contributed by atoms with Crippen LogP contribution in [0.15, 0.2) is 40.9 Å². The molecule has 8 heteroatoms. The number of aromatic nitrogens is 3. The molecule has 0 spiro atoms. The third-order valence-electron chi connectivity index (χ3n) is 5.40. The summed E-state index contributed by atoms with van der Waals surface area (Å²) in [6.45, 7) is 6.83. The maximum atomic E-state index is 12.9. The zero-order chi connectivity index (χ0) is 21.3. The number of nitrogens with zero attached hydrogens (tertiary/aromatic N) is 4. The van der Waals surface area contributed by atoms with Crippen LogP contribution in [0.5, 0.6) is 0 Å². The minimum Gasteiger partial charge on any atom is -0.360 e. The van der Waals surface area contributed by atoms with E-state index in [1.807, 2.05) is 53.8 Å². The molecule has 2 aromatic heterocycles. The molecule has 0 aliphatic carbocycles. The predicted molar refractivity (Wildman–Crippen MR) is 112 cm³/mol. The maximum Gasteiger partial charge on any atom is 0.253 e. The van der Waals surface area contributed by atoms with E-state index in [-0.39, 0.29) is 17.7 Å². The van der Waals surface area contributed by atoms with E-state index in [9.17, 15) is 9.59 Å². The zero-order valence-electron chi connectivity index (χ0n) is 17.4. The summed E-state index contributed by atoms with van der Waals surface area (Å²) in [5.41, 5.74) is 3.57. The van der Waals surface area contributed by atoms with Crippen LogP contribution in [0.4, 0.5) is 5.82 Å². The molecule has 1 aromatic carbocycles. The Hall–Kier alpha value is -3.42. The molecule has 8 nitrogen and oxygen atoms in total. The molecule has 2 amide bonds. The van der Waals surface area contributed by atoms with Crippen molar-refractivity contribution in [3.05, 3.63) is 59.1 Å². The average Bonchev–Trinajstić information content (AvgIpc) is 3.31. The molecule has 3 aromatic rings. The molecule has 3 heterocycles. The number of carbonyl (C=O) groups is 2. The summed E-state index contributed by atoms with van der Waals surface area (Å²) in [7, 11) is 0. The fraction of sp³-hybridized carbons (Fsp3) is 0.364. The highest BCUT2D eigenvalue weighted by molar-refractivity contribution is 5.95. The largest absolute Gasteiger partial charge is 0.360 e. The van der Waals surface area contributed by atoms with Crippen molar-refractivity contribution in [2.45, 2.75) is 33.6 Å². The molecule has 0 saturated carbocycles.